The fourth-order valence-electron chi connectivity index (χ4n) is 3.55. The highest BCUT2D eigenvalue weighted by atomic mass is 79.9. The average molecular weight is 524 g/mol. The summed E-state index contributed by atoms with van der Waals surface area (Å²) in [5, 5.41) is 9.68. The van der Waals surface area contributed by atoms with E-state index >= 15 is 0 Å². The van der Waals surface area contributed by atoms with Crippen LogP contribution in [0.4, 0.5) is 0 Å². The molecule has 0 aliphatic heterocycles. The second-order valence-corrected chi connectivity index (χ2v) is 8.68. The Morgan fingerprint density at radius 2 is 2.00 bits per heavy atom. The molecule has 1 fully saturated rings. The number of benzene rings is 2. The minimum absolute atomic E-state index is 0.0701. The highest BCUT2D eigenvalue weighted by molar-refractivity contribution is 9.10. The molecule has 9 heteroatoms. The van der Waals surface area contributed by atoms with Gasteiger partial charge in [-0.1, -0.05) is 17.7 Å². The van der Waals surface area contributed by atoms with Gasteiger partial charge in [-0.2, -0.15) is 0 Å². The minimum Gasteiger partial charge on any atom is -0.495 e. The predicted octanol–water partition coefficient (Wildman–Crippen LogP) is 5.14. The van der Waals surface area contributed by atoms with Crippen molar-refractivity contribution in [1.82, 2.24) is 0 Å². The lowest BCUT2D eigenvalue weighted by Crippen LogP contribution is -2.37. The molecule has 0 atom stereocenters. The number of carboxylic acid groups (broad SMARTS) is 1. The molecule has 7 nitrogen and oxygen atoms in total. The first-order chi connectivity index (χ1) is 15.4. The number of fused-ring (bicyclic) bond motifs is 1. The Labute approximate surface area is 197 Å². The third-order valence-electron chi connectivity index (χ3n) is 5.36. The fourth-order valence-corrected chi connectivity index (χ4v) is 4.27. The quantitative estimate of drug-likeness (QED) is 0.408. The van der Waals surface area contributed by atoms with Crippen LogP contribution >= 0.6 is 27.5 Å². The van der Waals surface area contributed by atoms with Gasteiger partial charge in [0.2, 0.25) is 0 Å². The largest absolute Gasteiger partial charge is 0.495 e. The van der Waals surface area contributed by atoms with Crippen LogP contribution in [-0.2, 0) is 9.53 Å². The standard InChI is InChI=1S/C23H20BrClO7/c1-29-21-11-19(31-6-5-30-13-7-12(8-13)23(27)28)15(9-16(21)24)20-10-18(26)14-3-2-4-17(25)22(14)32-20/h2-4,9-13H,5-8H2,1H3,(H,27,28)/t12-,13-. The van der Waals surface area contributed by atoms with E-state index < -0.39 is 5.97 Å². The highest BCUT2D eigenvalue weighted by Crippen LogP contribution is 2.39. The molecule has 0 amide bonds. The second-order valence-electron chi connectivity index (χ2n) is 7.42. The maximum absolute atomic E-state index is 12.6. The first-order valence-corrected chi connectivity index (χ1v) is 11.1. The lowest BCUT2D eigenvalue weighted by atomic mass is 9.82. The topological polar surface area (TPSA) is 95.2 Å². The summed E-state index contributed by atoms with van der Waals surface area (Å²) in [6.45, 7) is 0.521. The molecule has 0 spiro atoms. The molecule has 1 aliphatic rings. The third kappa shape index (κ3) is 4.62. The molecule has 2 aromatic carbocycles. The number of methoxy groups -OCH3 is 1. The van der Waals surface area contributed by atoms with Gasteiger partial charge in [0.15, 0.2) is 11.0 Å². The molecular weight excluding hydrogens is 504 g/mol. The lowest BCUT2D eigenvalue weighted by molar-refractivity contribution is -0.151. The Morgan fingerprint density at radius 1 is 1.22 bits per heavy atom. The van der Waals surface area contributed by atoms with Crippen molar-refractivity contribution < 1.29 is 28.5 Å². The number of carboxylic acids is 1. The third-order valence-corrected chi connectivity index (χ3v) is 6.28. The second kappa shape index (κ2) is 9.52. The zero-order valence-corrected chi connectivity index (χ0v) is 19.4. The fraction of sp³-hybridized carbons (Fsp3) is 0.304. The first kappa shape index (κ1) is 22.6. The molecule has 3 aromatic rings. The van der Waals surface area contributed by atoms with E-state index in [1.807, 2.05) is 0 Å². The summed E-state index contributed by atoms with van der Waals surface area (Å²) in [5.41, 5.74) is 0.630. The molecule has 32 heavy (non-hydrogen) atoms. The van der Waals surface area contributed by atoms with Crippen molar-refractivity contribution in [1.29, 1.82) is 0 Å². The normalized spacial score (nSPS) is 17.7. The van der Waals surface area contributed by atoms with Crippen molar-refractivity contribution in [3.05, 3.63) is 56.1 Å². The average Bonchev–Trinajstić information content (AvgIpc) is 2.73. The summed E-state index contributed by atoms with van der Waals surface area (Å²) in [6.07, 6.45) is 0.949. The van der Waals surface area contributed by atoms with Crippen molar-refractivity contribution in [2.24, 2.45) is 5.92 Å². The molecule has 0 unspecified atom stereocenters. The molecule has 0 saturated heterocycles. The van der Waals surface area contributed by atoms with Gasteiger partial charge >= 0.3 is 5.97 Å². The van der Waals surface area contributed by atoms with Crippen LogP contribution in [0.25, 0.3) is 22.3 Å². The van der Waals surface area contributed by atoms with E-state index in [0.29, 0.717) is 62.7 Å². The van der Waals surface area contributed by atoms with Gasteiger partial charge in [0.25, 0.3) is 0 Å². The lowest BCUT2D eigenvalue weighted by Gasteiger charge is -2.32. The summed E-state index contributed by atoms with van der Waals surface area (Å²) >= 11 is 9.70. The Hall–Kier alpha value is -2.55. The molecule has 1 heterocycles. The number of ether oxygens (including phenoxy) is 3. The van der Waals surface area contributed by atoms with Crippen LogP contribution in [0.5, 0.6) is 11.5 Å². The zero-order valence-electron chi connectivity index (χ0n) is 17.1. The predicted molar refractivity (Wildman–Crippen MR) is 123 cm³/mol. The molecule has 1 N–H and O–H groups in total. The molecule has 1 saturated carbocycles. The van der Waals surface area contributed by atoms with Crippen LogP contribution in [0.1, 0.15) is 12.8 Å². The van der Waals surface area contributed by atoms with E-state index in [1.165, 1.54) is 13.2 Å². The summed E-state index contributed by atoms with van der Waals surface area (Å²) in [7, 11) is 1.54. The molecule has 1 aromatic heterocycles. The van der Waals surface area contributed by atoms with Crippen LogP contribution in [0.2, 0.25) is 5.02 Å². The number of hydrogen-bond donors (Lipinski definition) is 1. The van der Waals surface area contributed by atoms with Crippen LogP contribution < -0.4 is 14.9 Å². The summed E-state index contributed by atoms with van der Waals surface area (Å²) in [6, 6.07) is 9.85. The number of para-hydroxylation sites is 1. The minimum atomic E-state index is -0.787. The molecule has 4 rings (SSSR count). The maximum Gasteiger partial charge on any atom is 0.306 e. The van der Waals surface area contributed by atoms with Crippen molar-refractivity contribution in [2.75, 3.05) is 20.3 Å². The van der Waals surface area contributed by atoms with Gasteiger partial charge in [-0.25, -0.2) is 0 Å². The van der Waals surface area contributed by atoms with E-state index in [0.717, 1.165) is 0 Å². The van der Waals surface area contributed by atoms with Crippen molar-refractivity contribution in [3.8, 4) is 22.8 Å². The molecule has 0 radical (unpaired) electrons. The van der Waals surface area contributed by atoms with Crippen LogP contribution in [0.3, 0.4) is 0 Å². The van der Waals surface area contributed by atoms with Gasteiger partial charge in [-0.3, -0.25) is 9.59 Å². The van der Waals surface area contributed by atoms with Crippen molar-refractivity contribution >= 4 is 44.5 Å². The number of aliphatic carboxylic acids is 1. The van der Waals surface area contributed by atoms with Gasteiger partial charge in [0.1, 0.15) is 23.9 Å². The highest BCUT2D eigenvalue weighted by Gasteiger charge is 2.35. The van der Waals surface area contributed by atoms with Crippen LogP contribution in [0, 0.1) is 5.92 Å². The SMILES string of the molecule is COc1cc(OCCO[C@H]2C[C@H](C(=O)O)C2)c(-c2cc(=O)c3cccc(Cl)c3o2)cc1Br. The van der Waals surface area contributed by atoms with Crippen molar-refractivity contribution in [2.45, 2.75) is 18.9 Å². The Kier molecular flexibility index (Phi) is 6.74. The van der Waals surface area contributed by atoms with E-state index in [1.54, 1.807) is 30.3 Å². The molecular formula is C23H20BrClO7. The first-order valence-electron chi connectivity index (χ1n) is 9.95. The Bertz CT molecular complexity index is 1220. The van der Waals surface area contributed by atoms with E-state index in [-0.39, 0.29) is 24.1 Å². The van der Waals surface area contributed by atoms with Crippen LogP contribution in [-0.4, -0.2) is 37.5 Å². The van der Waals surface area contributed by atoms with Gasteiger partial charge < -0.3 is 23.7 Å². The van der Waals surface area contributed by atoms with E-state index in [4.69, 9.17) is 35.3 Å². The summed E-state index contributed by atoms with van der Waals surface area (Å²) < 4.78 is 23.6. The van der Waals surface area contributed by atoms with Gasteiger partial charge in [0, 0.05) is 12.1 Å². The zero-order chi connectivity index (χ0) is 22.8. The van der Waals surface area contributed by atoms with Gasteiger partial charge in [-0.15, -0.1) is 0 Å². The number of rotatable bonds is 8. The molecule has 0 bridgehead atoms. The van der Waals surface area contributed by atoms with Gasteiger partial charge in [0.05, 0.1) is 46.2 Å². The Morgan fingerprint density at radius 3 is 2.72 bits per heavy atom. The van der Waals surface area contributed by atoms with Crippen molar-refractivity contribution in [3.63, 3.8) is 0 Å². The summed E-state index contributed by atoms with van der Waals surface area (Å²) in [5.74, 6) is 0.183. The van der Waals surface area contributed by atoms with Gasteiger partial charge in [-0.05, 0) is 47.0 Å². The number of carbonyl (C=O) groups is 1. The van der Waals surface area contributed by atoms with E-state index in [9.17, 15) is 9.59 Å². The van der Waals surface area contributed by atoms with E-state index in [2.05, 4.69) is 15.9 Å². The van der Waals surface area contributed by atoms with Crippen LogP contribution in [0.15, 0.2) is 50.1 Å². The number of halogens is 2. The summed E-state index contributed by atoms with van der Waals surface area (Å²) in [4.78, 5) is 23.5. The Balaban J connectivity index is 1.57. The number of hydrogen-bond acceptors (Lipinski definition) is 6. The molecule has 168 valence electrons. The maximum atomic E-state index is 12.6. The monoisotopic (exact) mass is 522 g/mol. The molecule has 1 aliphatic carbocycles. The smallest absolute Gasteiger partial charge is 0.306 e.